The maximum atomic E-state index is 12.7. The van der Waals surface area contributed by atoms with Crippen LogP contribution in [0.15, 0.2) is 24.3 Å². The molecular weight excluding hydrogens is 268 g/mol. The first-order valence-corrected chi connectivity index (χ1v) is 7.46. The van der Waals surface area contributed by atoms with E-state index in [0.717, 1.165) is 25.9 Å². The van der Waals surface area contributed by atoms with Gasteiger partial charge in [0.05, 0.1) is 25.3 Å². The average Bonchev–Trinajstić information content (AvgIpc) is 2.83. The fourth-order valence-electron chi connectivity index (χ4n) is 3.20. The fourth-order valence-corrected chi connectivity index (χ4v) is 3.20. The van der Waals surface area contributed by atoms with Crippen LogP contribution >= 0.6 is 0 Å². The second kappa shape index (κ2) is 5.85. The Morgan fingerprint density at radius 3 is 2.52 bits per heavy atom. The number of ether oxygens (including phenoxy) is 1. The Bertz CT molecular complexity index is 552. The van der Waals surface area contributed by atoms with E-state index < -0.39 is 0 Å². The zero-order valence-corrected chi connectivity index (χ0v) is 12.2. The molecule has 21 heavy (non-hydrogen) atoms. The van der Waals surface area contributed by atoms with Gasteiger partial charge in [0.1, 0.15) is 5.75 Å². The summed E-state index contributed by atoms with van der Waals surface area (Å²) >= 11 is 0. The number of rotatable bonds is 3. The Kier molecular flexibility index (Phi) is 3.92. The molecule has 1 aromatic carbocycles. The third-order valence-electron chi connectivity index (χ3n) is 4.28. The molecule has 2 fully saturated rings. The predicted molar refractivity (Wildman–Crippen MR) is 79.3 cm³/mol. The summed E-state index contributed by atoms with van der Waals surface area (Å²) < 4.78 is 5.28. The summed E-state index contributed by atoms with van der Waals surface area (Å²) in [6, 6.07) is 6.86. The van der Waals surface area contributed by atoms with Crippen LogP contribution in [0.25, 0.3) is 0 Å². The zero-order valence-electron chi connectivity index (χ0n) is 12.2. The summed E-state index contributed by atoms with van der Waals surface area (Å²) in [7, 11) is 1.55. The van der Waals surface area contributed by atoms with Crippen molar-refractivity contribution < 1.29 is 14.3 Å². The van der Waals surface area contributed by atoms with Crippen LogP contribution in [0.2, 0.25) is 0 Å². The van der Waals surface area contributed by atoms with Gasteiger partial charge >= 0.3 is 0 Å². The van der Waals surface area contributed by atoms with Crippen molar-refractivity contribution in [3.63, 3.8) is 0 Å². The van der Waals surface area contributed by atoms with E-state index in [9.17, 15) is 9.59 Å². The summed E-state index contributed by atoms with van der Waals surface area (Å²) in [5.74, 6) is 0.296. The molecule has 0 N–H and O–H groups in total. The van der Waals surface area contributed by atoms with E-state index in [1.807, 2.05) is 12.1 Å². The molecule has 2 heterocycles. The molecule has 0 aliphatic carbocycles. The van der Waals surface area contributed by atoms with Gasteiger partial charge in [0.25, 0.3) is 5.91 Å². The molecule has 2 amide bonds. The molecule has 112 valence electrons. The van der Waals surface area contributed by atoms with Crippen LogP contribution in [0, 0.1) is 0 Å². The number of nitrogens with zero attached hydrogens (tertiary/aromatic N) is 2. The van der Waals surface area contributed by atoms with Crippen LogP contribution in [-0.4, -0.2) is 43.0 Å². The molecule has 1 atom stereocenters. The van der Waals surface area contributed by atoms with Crippen LogP contribution in [0.5, 0.6) is 5.75 Å². The van der Waals surface area contributed by atoms with Crippen molar-refractivity contribution in [2.24, 2.45) is 0 Å². The van der Waals surface area contributed by atoms with Crippen molar-refractivity contribution in [2.45, 2.75) is 31.7 Å². The highest BCUT2D eigenvalue weighted by molar-refractivity contribution is 6.23. The Hall–Kier alpha value is -1.88. The predicted octanol–water partition coefficient (Wildman–Crippen LogP) is 1.81. The molecule has 1 aromatic rings. The van der Waals surface area contributed by atoms with Crippen molar-refractivity contribution in [3.8, 4) is 5.75 Å². The van der Waals surface area contributed by atoms with Crippen LogP contribution < -0.4 is 9.64 Å². The van der Waals surface area contributed by atoms with Gasteiger partial charge in [-0.15, -0.1) is 0 Å². The van der Waals surface area contributed by atoms with Gasteiger partial charge in [0.2, 0.25) is 5.91 Å². The van der Waals surface area contributed by atoms with Crippen molar-refractivity contribution in [2.75, 3.05) is 25.1 Å². The van der Waals surface area contributed by atoms with E-state index in [1.165, 1.54) is 11.3 Å². The Morgan fingerprint density at radius 1 is 1.10 bits per heavy atom. The maximum absolute atomic E-state index is 12.7. The van der Waals surface area contributed by atoms with Gasteiger partial charge in [-0.1, -0.05) is 18.6 Å². The molecule has 2 aliphatic rings. The smallest absolute Gasteiger partial charge is 0.251 e. The molecule has 5 heteroatoms. The molecular formula is C16H20N2O3. The van der Waals surface area contributed by atoms with Gasteiger partial charge in [-0.3, -0.25) is 14.5 Å². The summed E-state index contributed by atoms with van der Waals surface area (Å²) in [6.45, 7) is 1.81. The molecule has 0 saturated carbocycles. The van der Waals surface area contributed by atoms with Crippen molar-refractivity contribution in [3.05, 3.63) is 24.3 Å². The number of benzene rings is 1. The van der Waals surface area contributed by atoms with Crippen LogP contribution in [0.1, 0.15) is 25.7 Å². The molecule has 5 nitrogen and oxygen atoms in total. The Labute approximate surface area is 124 Å². The number of anilines is 1. The van der Waals surface area contributed by atoms with Gasteiger partial charge in [-0.05, 0) is 38.1 Å². The SMILES string of the molecule is COc1ccccc1N1C(=O)C[C@H](N2CCCCC2)C1=O. The Morgan fingerprint density at radius 2 is 1.81 bits per heavy atom. The van der Waals surface area contributed by atoms with Crippen LogP contribution in [-0.2, 0) is 9.59 Å². The van der Waals surface area contributed by atoms with Crippen molar-refractivity contribution in [1.82, 2.24) is 4.90 Å². The molecule has 0 unspecified atom stereocenters. The van der Waals surface area contributed by atoms with Gasteiger partial charge in [0.15, 0.2) is 0 Å². The lowest BCUT2D eigenvalue weighted by molar-refractivity contribution is -0.123. The fraction of sp³-hybridized carbons (Fsp3) is 0.500. The normalized spacial score (nSPS) is 23.7. The van der Waals surface area contributed by atoms with Gasteiger partial charge < -0.3 is 4.74 Å². The number of para-hydroxylation sites is 2. The summed E-state index contributed by atoms with van der Waals surface area (Å²) in [5, 5.41) is 0. The number of carbonyl (C=O) groups is 2. The molecule has 0 radical (unpaired) electrons. The third kappa shape index (κ3) is 2.53. The molecule has 3 rings (SSSR count). The summed E-state index contributed by atoms with van der Waals surface area (Å²) in [5.41, 5.74) is 0.550. The number of amides is 2. The minimum Gasteiger partial charge on any atom is -0.495 e. The molecule has 2 saturated heterocycles. The minimum atomic E-state index is -0.303. The van der Waals surface area contributed by atoms with E-state index >= 15 is 0 Å². The average molecular weight is 288 g/mol. The van der Waals surface area contributed by atoms with E-state index in [0.29, 0.717) is 11.4 Å². The van der Waals surface area contributed by atoms with E-state index in [4.69, 9.17) is 4.74 Å². The number of imide groups is 1. The quantitative estimate of drug-likeness (QED) is 0.796. The third-order valence-corrected chi connectivity index (χ3v) is 4.28. The van der Waals surface area contributed by atoms with Gasteiger partial charge in [-0.25, -0.2) is 4.90 Å². The first kappa shape index (κ1) is 14.1. The van der Waals surface area contributed by atoms with Crippen LogP contribution in [0.4, 0.5) is 5.69 Å². The maximum Gasteiger partial charge on any atom is 0.251 e. The van der Waals surface area contributed by atoms with E-state index in [1.54, 1.807) is 19.2 Å². The van der Waals surface area contributed by atoms with Crippen LogP contribution in [0.3, 0.4) is 0 Å². The number of hydrogen-bond donors (Lipinski definition) is 0. The second-order valence-electron chi connectivity index (χ2n) is 5.56. The highest BCUT2D eigenvalue weighted by Gasteiger charge is 2.43. The second-order valence-corrected chi connectivity index (χ2v) is 5.56. The van der Waals surface area contributed by atoms with Gasteiger partial charge in [-0.2, -0.15) is 0 Å². The molecule has 0 bridgehead atoms. The number of carbonyl (C=O) groups excluding carboxylic acids is 2. The van der Waals surface area contributed by atoms with Gasteiger partial charge in [0, 0.05) is 0 Å². The minimum absolute atomic E-state index is 0.119. The Balaban J connectivity index is 1.86. The van der Waals surface area contributed by atoms with Crippen molar-refractivity contribution in [1.29, 1.82) is 0 Å². The number of methoxy groups -OCH3 is 1. The highest BCUT2D eigenvalue weighted by Crippen LogP contribution is 2.33. The number of likely N-dealkylation sites (tertiary alicyclic amines) is 1. The lowest BCUT2D eigenvalue weighted by Crippen LogP contribution is -2.44. The highest BCUT2D eigenvalue weighted by atomic mass is 16.5. The number of piperidine rings is 1. The zero-order chi connectivity index (χ0) is 14.8. The topological polar surface area (TPSA) is 49.9 Å². The lowest BCUT2D eigenvalue weighted by Gasteiger charge is -2.30. The summed E-state index contributed by atoms with van der Waals surface area (Å²) in [6.07, 6.45) is 3.69. The molecule has 0 aromatic heterocycles. The van der Waals surface area contributed by atoms with E-state index in [2.05, 4.69) is 4.90 Å². The lowest BCUT2D eigenvalue weighted by atomic mass is 10.1. The standard InChI is InChI=1S/C16H20N2O3/c1-21-14-8-4-3-7-12(14)18-15(19)11-13(16(18)20)17-9-5-2-6-10-17/h3-4,7-8,13H,2,5-6,9-11H2,1H3/t13-/m0/s1. The number of hydrogen-bond acceptors (Lipinski definition) is 4. The van der Waals surface area contributed by atoms with Crippen molar-refractivity contribution >= 4 is 17.5 Å². The molecule has 0 spiro atoms. The monoisotopic (exact) mass is 288 g/mol. The first-order valence-electron chi connectivity index (χ1n) is 7.46. The molecule has 2 aliphatic heterocycles. The first-order chi connectivity index (χ1) is 10.2. The summed E-state index contributed by atoms with van der Waals surface area (Å²) in [4.78, 5) is 28.5. The largest absolute Gasteiger partial charge is 0.495 e. The van der Waals surface area contributed by atoms with E-state index in [-0.39, 0.29) is 24.3 Å².